The standard InChI is InChI=1S/C77H49N/c1-77(2)71-30-16-14-25-58(71)59-38-34-48(42-72(59)77)65-44-69-54-23-7-6-20-51(54)52-21-8-12-28-63(52)76(69)68-41-47(33-37-57(65)68)46-32-36-56-53-22-9-11-27-62(53)75-64-29-13-10-24-55(64)66(45-70(75)67(56)40-46)49-35-39-61-60-26-15-17-31-73(60)78(74(61)43-49)50-18-4-3-5-19-50/h3-45H,1-2H3. The van der Waals surface area contributed by atoms with Crippen LogP contribution in [0.2, 0.25) is 0 Å². The molecule has 0 aliphatic heterocycles. The lowest BCUT2D eigenvalue weighted by molar-refractivity contribution is 0.660. The summed E-state index contributed by atoms with van der Waals surface area (Å²) in [6.45, 7) is 4.77. The minimum atomic E-state index is -0.111. The second-order valence-corrected chi connectivity index (χ2v) is 22.2. The number of para-hydroxylation sites is 2. The van der Waals surface area contributed by atoms with E-state index in [0.717, 1.165) is 5.69 Å². The zero-order chi connectivity index (χ0) is 51.4. The fourth-order valence-electron chi connectivity index (χ4n) is 14.3. The van der Waals surface area contributed by atoms with E-state index in [9.17, 15) is 0 Å². The number of nitrogens with zero attached hydrogens (tertiary/aromatic N) is 1. The first kappa shape index (κ1) is 43.4. The zero-order valence-electron chi connectivity index (χ0n) is 43.3. The molecule has 0 unspecified atom stereocenters. The Morgan fingerprint density at radius 2 is 0.641 bits per heavy atom. The van der Waals surface area contributed by atoms with Gasteiger partial charge in [-0.2, -0.15) is 0 Å². The summed E-state index contributed by atoms with van der Waals surface area (Å²) in [5.74, 6) is 0. The Morgan fingerprint density at radius 3 is 1.35 bits per heavy atom. The van der Waals surface area contributed by atoms with Crippen LogP contribution in [0.4, 0.5) is 0 Å². The molecule has 0 amide bonds. The van der Waals surface area contributed by atoms with Gasteiger partial charge >= 0.3 is 0 Å². The molecule has 0 spiro atoms. The third-order valence-corrected chi connectivity index (χ3v) is 17.9. The molecule has 1 aromatic heterocycles. The van der Waals surface area contributed by atoms with Gasteiger partial charge in [0.1, 0.15) is 0 Å². The molecule has 15 aromatic carbocycles. The first-order chi connectivity index (χ1) is 38.5. The van der Waals surface area contributed by atoms with Crippen LogP contribution < -0.4 is 0 Å². The number of rotatable bonds is 4. The number of benzene rings is 15. The lowest BCUT2D eigenvalue weighted by Crippen LogP contribution is -2.14. The lowest BCUT2D eigenvalue weighted by Gasteiger charge is -2.22. The van der Waals surface area contributed by atoms with Gasteiger partial charge in [0.2, 0.25) is 0 Å². The maximum absolute atomic E-state index is 2.50. The summed E-state index contributed by atoms with van der Waals surface area (Å²) < 4.78 is 2.43. The molecule has 0 fully saturated rings. The first-order valence-corrected chi connectivity index (χ1v) is 27.4. The van der Waals surface area contributed by atoms with E-state index in [1.165, 1.54) is 164 Å². The maximum atomic E-state index is 2.50. The summed E-state index contributed by atoms with van der Waals surface area (Å²) in [7, 11) is 0. The Labute approximate surface area is 451 Å². The minimum Gasteiger partial charge on any atom is -0.309 e. The summed E-state index contributed by atoms with van der Waals surface area (Å²) in [4.78, 5) is 0. The predicted molar refractivity (Wildman–Crippen MR) is 335 cm³/mol. The fourth-order valence-corrected chi connectivity index (χ4v) is 14.3. The van der Waals surface area contributed by atoms with Crippen LogP contribution in [-0.4, -0.2) is 4.57 Å². The molecule has 0 saturated heterocycles. The highest BCUT2D eigenvalue weighted by atomic mass is 15.0. The highest BCUT2D eigenvalue weighted by Gasteiger charge is 2.35. The van der Waals surface area contributed by atoms with E-state index in [0.29, 0.717) is 0 Å². The Morgan fingerprint density at radius 1 is 0.231 bits per heavy atom. The van der Waals surface area contributed by atoms with E-state index >= 15 is 0 Å². The third kappa shape index (κ3) is 6.02. The minimum absolute atomic E-state index is 0.111. The van der Waals surface area contributed by atoms with Crippen molar-refractivity contribution in [3.05, 3.63) is 272 Å². The van der Waals surface area contributed by atoms with Crippen molar-refractivity contribution in [1.29, 1.82) is 0 Å². The fraction of sp³-hybridized carbons (Fsp3) is 0.0390. The van der Waals surface area contributed by atoms with Gasteiger partial charge in [0.15, 0.2) is 0 Å². The molecular formula is C77H49N. The predicted octanol–water partition coefficient (Wildman–Crippen LogP) is 21.3. The molecule has 1 aliphatic carbocycles. The van der Waals surface area contributed by atoms with Gasteiger partial charge in [-0.3, -0.25) is 0 Å². The van der Waals surface area contributed by atoms with Crippen molar-refractivity contribution in [2.75, 3.05) is 0 Å². The zero-order valence-corrected chi connectivity index (χ0v) is 43.3. The van der Waals surface area contributed by atoms with Crippen LogP contribution in [0.3, 0.4) is 0 Å². The van der Waals surface area contributed by atoms with Gasteiger partial charge in [0.25, 0.3) is 0 Å². The summed E-state index contributed by atoms with van der Waals surface area (Å²) in [6, 6.07) is 98.6. The lowest BCUT2D eigenvalue weighted by atomic mass is 9.81. The van der Waals surface area contributed by atoms with Gasteiger partial charge in [-0.25, -0.2) is 0 Å². The smallest absolute Gasteiger partial charge is 0.0547 e. The normalized spacial score (nSPS) is 13.1. The van der Waals surface area contributed by atoms with Crippen LogP contribution in [-0.2, 0) is 5.41 Å². The van der Waals surface area contributed by atoms with E-state index in [4.69, 9.17) is 0 Å². The average Bonchev–Trinajstić information content (AvgIpc) is 4.10. The molecule has 1 heteroatoms. The summed E-state index contributed by atoms with van der Waals surface area (Å²) in [5, 5.41) is 22.9. The van der Waals surface area contributed by atoms with Crippen molar-refractivity contribution in [3.63, 3.8) is 0 Å². The monoisotopic (exact) mass is 987 g/mol. The summed E-state index contributed by atoms with van der Waals surface area (Å²) in [5.41, 5.74) is 16.3. The van der Waals surface area contributed by atoms with Gasteiger partial charge in [-0.15, -0.1) is 0 Å². The van der Waals surface area contributed by atoms with E-state index in [1.54, 1.807) is 0 Å². The quantitative estimate of drug-likeness (QED) is 0.155. The van der Waals surface area contributed by atoms with Crippen molar-refractivity contribution < 1.29 is 0 Å². The molecule has 0 N–H and O–H groups in total. The number of fused-ring (bicyclic) bond motifs is 22. The van der Waals surface area contributed by atoms with Crippen LogP contribution >= 0.6 is 0 Å². The van der Waals surface area contributed by atoms with E-state index in [1.807, 2.05) is 0 Å². The Kier molecular flexibility index (Phi) is 8.96. The van der Waals surface area contributed by atoms with Crippen LogP contribution in [0.15, 0.2) is 261 Å². The number of aromatic nitrogens is 1. The molecule has 0 bridgehead atoms. The molecule has 1 heterocycles. The van der Waals surface area contributed by atoms with E-state index < -0.39 is 0 Å². The SMILES string of the molecule is CC1(C)c2ccccc2-c2ccc(-c3cc4c5ccccc5c5ccccc5c4c4cc(-c5ccc6c7ccccc7c7c8ccccc8c(-c8ccc9c%10ccccc%10n(-c%10ccccc%10)c9c8)cc7c6c5)ccc34)cc21. The molecule has 78 heavy (non-hydrogen) atoms. The molecular weight excluding hydrogens is 939 g/mol. The number of hydrogen-bond donors (Lipinski definition) is 0. The Bertz CT molecular complexity index is 5280. The van der Waals surface area contributed by atoms with Crippen LogP contribution in [0.1, 0.15) is 25.0 Å². The van der Waals surface area contributed by atoms with Crippen molar-refractivity contribution in [2.24, 2.45) is 0 Å². The second kappa shape index (κ2) is 16.1. The van der Waals surface area contributed by atoms with Gasteiger partial charge in [-0.1, -0.05) is 220 Å². The second-order valence-electron chi connectivity index (χ2n) is 22.2. The van der Waals surface area contributed by atoms with E-state index in [-0.39, 0.29) is 5.41 Å². The molecule has 1 aliphatic rings. The molecule has 17 rings (SSSR count). The first-order valence-electron chi connectivity index (χ1n) is 27.4. The third-order valence-electron chi connectivity index (χ3n) is 17.9. The molecule has 362 valence electrons. The molecule has 0 saturated carbocycles. The molecule has 1 nitrogen and oxygen atoms in total. The van der Waals surface area contributed by atoms with Crippen molar-refractivity contribution >= 4 is 108 Å². The topological polar surface area (TPSA) is 4.93 Å². The Hall–Kier alpha value is -9.82. The van der Waals surface area contributed by atoms with Crippen LogP contribution in [0, 0.1) is 0 Å². The van der Waals surface area contributed by atoms with Crippen LogP contribution in [0.25, 0.3) is 158 Å². The largest absolute Gasteiger partial charge is 0.309 e. The van der Waals surface area contributed by atoms with Gasteiger partial charge in [0.05, 0.1) is 11.0 Å². The molecule has 0 radical (unpaired) electrons. The number of hydrogen-bond acceptors (Lipinski definition) is 0. The molecule has 0 atom stereocenters. The van der Waals surface area contributed by atoms with Gasteiger partial charge in [0, 0.05) is 21.9 Å². The molecule has 16 aromatic rings. The van der Waals surface area contributed by atoms with Crippen LogP contribution in [0.5, 0.6) is 0 Å². The highest BCUT2D eigenvalue weighted by molar-refractivity contribution is 6.35. The summed E-state index contributed by atoms with van der Waals surface area (Å²) in [6.07, 6.45) is 0. The average molecular weight is 988 g/mol. The Balaban J connectivity index is 0.928. The van der Waals surface area contributed by atoms with Crippen molar-refractivity contribution in [1.82, 2.24) is 4.57 Å². The van der Waals surface area contributed by atoms with Crippen molar-refractivity contribution in [3.8, 4) is 50.2 Å². The highest BCUT2D eigenvalue weighted by Crippen LogP contribution is 2.52. The van der Waals surface area contributed by atoms with Crippen molar-refractivity contribution in [2.45, 2.75) is 19.3 Å². The van der Waals surface area contributed by atoms with E-state index in [2.05, 4.69) is 279 Å². The van der Waals surface area contributed by atoms with Gasteiger partial charge in [-0.05, 0) is 196 Å². The summed E-state index contributed by atoms with van der Waals surface area (Å²) >= 11 is 0. The maximum Gasteiger partial charge on any atom is 0.0547 e. The van der Waals surface area contributed by atoms with Gasteiger partial charge < -0.3 is 4.57 Å².